The quantitative estimate of drug-likeness (QED) is 0.835. The van der Waals surface area contributed by atoms with Gasteiger partial charge in [-0.2, -0.15) is 5.48 Å². The van der Waals surface area contributed by atoms with Gasteiger partial charge in [-0.25, -0.2) is 4.79 Å². The molecule has 0 fully saturated rings. The maximum absolute atomic E-state index is 12.2. The van der Waals surface area contributed by atoms with Crippen LogP contribution in [0.2, 0.25) is 0 Å². The molecule has 0 bridgehead atoms. The molecule has 0 spiro atoms. The first-order valence-electron chi connectivity index (χ1n) is 6.36. The van der Waals surface area contributed by atoms with Crippen LogP contribution >= 0.6 is 0 Å². The highest BCUT2D eigenvalue weighted by molar-refractivity contribution is 5.82. The van der Waals surface area contributed by atoms with E-state index in [4.69, 9.17) is 4.84 Å². The van der Waals surface area contributed by atoms with E-state index in [2.05, 4.69) is 5.48 Å². The highest BCUT2D eigenvalue weighted by Crippen LogP contribution is 2.25. The van der Waals surface area contributed by atoms with Gasteiger partial charge in [-0.3, -0.25) is 0 Å². The Balaban J connectivity index is 2.31. The number of nitrogens with one attached hydrogen (secondary N) is 1. The van der Waals surface area contributed by atoms with Crippen molar-refractivity contribution in [2.45, 2.75) is 12.8 Å². The first-order chi connectivity index (χ1) is 9.33. The third-order valence-electron chi connectivity index (χ3n) is 2.82. The Morgan fingerprint density at radius 2 is 1.47 bits per heavy atom. The average Bonchev–Trinajstić information content (AvgIpc) is 2.47. The molecule has 2 aromatic rings. The summed E-state index contributed by atoms with van der Waals surface area (Å²) >= 11 is 0. The maximum Gasteiger partial charge on any atom is 0.336 e. The molecular weight excluding hydrogens is 238 g/mol. The molecular formula is C16H17NO2. The van der Waals surface area contributed by atoms with Crippen LogP contribution in [-0.4, -0.2) is 12.5 Å². The van der Waals surface area contributed by atoms with Crippen molar-refractivity contribution in [2.24, 2.45) is 0 Å². The number of hydroxylamine groups is 1. The van der Waals surface area contributed by atoms with Crippen LogP contribution in [0, 0.1) is 0 Å². The third-order valence-corrected chi connectivity index (χ3v) is 2.82. The van der Waals surface area contributed by atoms with Gasteiger partial charge in [0.1, 0.15) is 5.92 Å². The molecule has 0 heterocycles. The standard InChI is InChI=1S/C16H17NO2/c1-2-17-19-16(18)15(13-9-5-3-6-10-13)14-11-7-4-8-12-14/h3-12,15,17H,2H2,1H3. The lowest BCUT2D eigenvalue weighted by Crippen LogP contribution is -2.25. The van der Waals surface area contributed by atoms with Gasteiger partial charge < -0.3 is 4.84 Å². The summed E-state index contributed by atoms with van der Waals surface area (Å²) in [6.45, 7) is 2.47. The molecule has 0 aliphatic heterocycles. The van der Waals surface area contributed by atoms with Crippen LogP contribution in [0.5, 0.6) is 0 Å². The fourth-order valence-corrected chi connectivity index (χ4v) is 1.96. The first kappa shape index (κ1) is 13.3. The number of rotatable bonds is 5. The number of benzene rings is 2. The SMILES string of the molecule is CCNOC(=O)C(c1ccccc1)c1ccccc1. The zero-order valence-electron chi connectivity index (χ0n) is 10.9. The predicted molar refractivity (Wildman–Crippen MR) is 74.5 cm³/mol. The molecule has 0 aliphatic carbocycles. The normalized spacial score (nSPS) is 10.4. The Morgan fingerprint density at radius 1 is 1.00 bits per heavy atom. The van der Waals surface area contributed by atoms with Crippen molar-refractivity contribution in [1.29, 1.82) is 0 Å². The molecule has 3 heteroatoms. The molecule has 0 saturated carbocycles. The van der Waals surface area contributed by atoms with Gasteiger partial charge in [0.05, 0.1) is 0 Å². The lowest BCUT2D eigenvalue weighted by Gasteiger charge is -2.16. The molecule has 3 nitrogen and oxygen atoms in total. The third kappa shape index (κ3) is 3.42. The Hall–Kier alpha value is -2.13. The highest BCUT2D eigenvalue weighted by Gasteiger charge is 2.24. The number of carbonyl (C=O) groups is 1. The molecule has 19 heavy (non-hydrogen) atoms. The van der Waals surface area contributed by atoms with E-state index in [0.717, 1.165) is 11.1 Å². The lowest BCUT2D eigenvalue weighted by atomic mass is 9.91. The molecule has 2 aromatic carbocycles. The molecule has 0 unspecified atom stereocenters. The monoisotopic (exact) mass is 255 g/mol. The van der Waals surface area contributed by atoms with E-state index in [1.54, 1.807) is 0 Å². The minimum absolute atomic E-state index is 0.292. The largest absolute Gasteiger partial charge is 0.370 e. The number of carbonyl (C=O) groups excluding carboxylic acids is 1. The number of hydrogen-bond acceptors (Lipinski definition) is 3. The Kier molecular flexibility index (Phi) is 4.70. The Bertz CT molecular complexity index is 471. The minimum atomic E-state index is -0.401. The van der Waals surface area contributed by atoms with E-state index >= 15 is 0 Å². The van der Waals surface area contributed by atoms with Gasteiger partial charge >= 0.3 is 5.97 Å². The van der Waals surface area contributed by atoms with Crippen LogP contribution in [0.4, 0.5) is 0 Å². The van der Waals surface area contributed by atoms with Gasteiger partial charge in [-0.05, 0) is 18.1 Å². The van der Waals surface area contributed by atoms with Crippen molar-refractivity contribution in [3.8, 4) is 0 Å². The van der Waals surface area contributed by atoms with Crippen LogP contribution in [0.25, 0.3) is 0 Å². The number of hydrogen-bond donors (Lipinski definition) is 1. The fourth-order valence-electron chi connectivity index (χ4n) is 1.96. The summed E-state index contributed by atoms with van der Waals surface area (Å²) in [5, 5.41) is 0. The summed E-state index contributed by atoms with van der Waals surface area (Å²) in [6.07, 6.45) is 0. The molecule has 0 atom stereocenters. The molecule has 0 amide bonds. The molecule has 0 aliphatic rings. The second kappa shape index (κ2) is 6.71. The van der Waals surface area contributed by atoms with E-state index in [1.807, 2.05) is 67.6 Å². The van der Waals surface area contributed by atoms with Gasteiger partial charge in [0.2, 0.25) is 0 Å². The summed E-state index contributed by atoms with van der Waals surface area (Å²) in [6, 6.07) is 19.3. The van der Waals surface area contributed by atoms with E-state index in [1.165, 1.54) is 0 Å². The maximum atomic E-state index is 12.2. The molecule has 0 aromatic heterocycles. The molecule has 1 N–H and O–H groups in total. The molecule has 2 rings (SSSR count). The van der Waals surface area contributed by atoms with E-state index < -0.39 is 5.92 Å². The van der Waals surface area contributed by atoms with Crippen molar-refractivity contribution in [1.82, 2.24) is 5.48 Å². The van der Waals surface area contributed by atoms with Crippen molar-refractivity contribution >= 4 is 5.97 Å². The average molecular weight is 255 g/mol. The van der Waals surface area contributed by atoms with Gasteiger partial charge in [-0.15, -0.1) is 0 Å². The smallest absolute Gasteiger partial charge is 0.336 e. The van der Waals surface area contributed by atoms with Crippen molar-refractivity contribution in [3.63, 3.8) is 0 Å². The Labute approximate surface area is 113 Å². The van der Waals surface area contributed by atoms with E-state index in [0.29, 0.717) is 6.54 Å². The molecule has 0 radical (unpaired) electrons. The van der Waals surface area contributed by atoms with Crippen molar-refractivity contribution in [2.75, 3.05) is 6.54 Å². The van der Waals surface area contributed by atoms with E-state index in [9.17, 15) is 4.79 Å². The van der Waals surface area contributed by atoms with E-state index in [-0.39, 0.29) is 5.97 Å². The summed E-state index contributed by atoms with van der Waals surface area (Å²) in [7, 11) is 0. The fraction of sp³-hybridized carbons (Fsp3) is 0.188. The summed E-state index contributed by atoms with van der Waals surface area (Å²) in [5.74, 6) is -0.694. The summed E-state index contributed by atoms with van der Waals surface area (Å²) < 4.78 is 0. The second-order valence-corrected chi connectivity index (χ2v) is 4.17. The lowest BCUT2D eigenvalue weighted by molar-refractivity contribution is -0.151. The minimum Gasteiger partial charge on any atom is -0.370 e. The molecule has 98 valence electrons. The first-order valence-corrected chi connectivity index (χ1v) is 6.36. The highest BCUT2D eigenvalue weighted by atomic mass is 16.7. The van der Waals surface area contributed by atoms with Crippen molar-refractivity contribution in [3.05, 3.63) is 71.8 Å². The zero-order chi connectivity index (χ0) is 13.5. The second-order valence-electron chi connectivity index (χ2n) is 4.17. The van der Waals surface area contributed by atoms with Crippen LogP contribution in [0.1, 0.15) is 24.0 Å². The predicted octanol–water partition coefficient (Wildman–Crippen LogP) is 2.89. The van der Waals surface area contributed by atoms with Crippen LogP contribution in [0.3, 0.4) is 0 Å². The van der Waals surface area contributed by atoms with Crippen LogP contribution < -0.4 is 5.48 Å². The molecule has 0 saturated heterocycles. The Morgan fingerprint density at radius 3 is 1.89 bits per heavy atom. The van der Waals surface area contributed by atoms with Crippen molar-refractivity contribution < 1.29 is 9.63 Å². The van der Waals surface area contributed by atoms with Gasteiger partial charge in [0.25, 0.3) is 0 Å². The summed E-state index contributed by atoms with van der Waals surface area (Å²) in [4.78, 5) is 17.3. The van der Waals surface area contributed by atoms with Gasteiger partial charge in [-0.1, -0.05) is 60.7 Å². The van der Waals surface area contributed by atoms with Crippen LogP contribution in [0.15, 0.2) is 60.7 Å². The zero-order valence-corrected chi connectivity index (χ0v) is 10.9. The van der Waals surface area contributed by atoms with Crippen LogP contribution in [-0.2, 0) is 9.63 Å². The van der Waals surface area contributed by atoms with Gasteiger partial charge in [0.15, 0.2) is 0 Å². The summed E-state index contributed by atoms with van der Waals surface area (Å²) in [5.41, 5.74) is 4.47. The topological polar surface area (TPSA) is 38.3 Å². The van der Waals surface area contributed by atoms with Gasteiger partial charge in [0, 0.05) is 6.54 Å².